The molecule has 2 aromatic heterocycles. The minimum atomic E-state index is -0.850. The van der Waals surface area contributed by atoms with Crippen LogP contribution in [-0.2, 0) is 17.9 Å². The second-order valence-electron chi connectivity index (χ2n) is 7.61. The topological polar surface area (TPSA) is 92.0 Å². The number of aliphatic hydroxyl groups excluding tert-OH is 1. The van der Waals surface area contributed by atoms with E-state index in [1.54, 1.807) is 7.11 Å². The first-order valence-corrected chi connectivity index (χ1v) is 11.2. The van der Waals surface area contributed by atoms with Crippen molar-refractivity contribution >= 4 is 21.6 Å². The van der Waals surface area contributed by atoms with Gasteiger partial charge in [0.1, 0.15) is 10.4 Å². The maximum atomic E-state index is 12.9. The molecule has 0 saturated heterocycles. The summed E-state index contributed by atoms with van der Waals surface area (Å²) in [6.07, 6.45) is 0.618. The zero-order chi connectivity index (χ0) is 22.8. The van der Waals surface area contributed by atoms with E-state index < -0.39 is 6.10 Å². The fourth-order valence-electron chi connectivity index (χ4n) is 3.60. The maximum absolute atomic E-state index is 12.9. The number of thiophene rings is 1. The van der Waals surface area contributed by atoms with Crippen molar-refractivity contribution in [2.24, 2.45) is 0 Å². The van der Waals surface area contributed by atoms with Crippen LogP contribution in [0.15, 0.2) is 59.7 Å². The molecule has 1 N–H and O–H groups in total. The standard InChI is InChI=1S/C24H22N2O6S/c1-29-18-5-3-16(4-6-18)22-9-19-23(33-22)24(28)26(13-25-19)10-17(27)12-30-11-15-2-7-20-21(8-15)32-14-31-20/h2-9,13,17,27H,10-12,14H2,1H3/t17-/m0/s1. The molecule has 0 spiro atoms. The Morgan fingerprint density at radius 3 is 2.79 bits per heavy atom. The predicted octanol–water partition coefficient (Wildman–Crippen LogP) is 3.44. The van der Waals surface area contributed by atoms with E-state index in [1.165, 1.54) is 22.2 Å². The molecular weight excluding hydrogens is 444 g/mol. The minimum Gasteiger partial charge on any atom is -0.497 e. The van der Waals surface area contributed by atoms with Crippen molar-refractivity contribution in [2.75, 3.05) is 20.5 Å². The second-order valence-corrected chi connectivity index (χ2v) is 8.66. The number of nitrogens with zero attached hydrogens (tertiary/aromatic N) is 2. The summed E-state index contributed by atoms with van der Waals surface area (Å²) in [5, 5.41) is 10.4. The first kappa shape index (κ1) is 21.4. The molecule has 0 radical (unpaired) electrons. The van der Waals surface area contributed by atoms with E-state index in [9.17, 15) is 9.90 Å². The molecule has 33 heavy (non-hydrogen) atoms. The lowest BCUT2D eigenvalue weighted by Crippen LogP contribution is -2.29. The third-order valence-electron chi connectivity index (χ3n) is 5.30. The van der Waals surface area contributed by atoms with Gasteiger partial charge in [-0.15, -0.1) is 11.3 Å². The fourth-order valence-corrected chi connectivity index (χ4v) is 4.66. The largest absolute Gasteiger partial charge is 0.497 e. The molecule has 4 aromatic rings. The monoisotopic (exact) mass is 466 g/mol. The molecule has 0 bridgehead atoms. The van der Waals surface area contributed by atoms with Crippen LogP contribution in [0.3, 0.4) is 0 Å². The lowest BCUT2D eigenvalue weighted by atomic mass is 10.2. The summed E-state index contributed by atoms with van der Waals surface area (Å²) < 4.78 is 23.5. The number of hydrogen-bond acceptors (Lipinski definition) is 8. The van der Waals surface area contributed by atoms with Crippen molar-refractivity contribution in [3.63, 3.8) is 0 Å². The van der Waals surface area contributed by atoms with Crippen LogP contribution in [-0.4, -0.2) is 41.3 Å². The van der Waals surface area contributed by atoms with Crippen LogP contribution in [0.1, 0.15) is 5.56 Å². The number of benzene rings is 2. The summed E-state index contributed by atoms with van der Waals surface area (Å²) in [6, 6.07) is 15.1. The van der Waals surface area contributed by atoms with E-state index in [4.69, 9.17) is 18.9 Å². The number of fused-ring (bicyclic) bond motifs is 2. The van der Waals surface area contributed by atoms with Gasteiger partial charge >= 0.3 is 0 Å². The van der Waals surface area contributed by atoms with Crippen LogP contribution in [0.25, 0.3) is 20.7 Å². The van der Waals surface area contributed by atoms with Crippen LogP contribution < -0.4 is 19.8 Å². The number of rotatable bonds is 8. The van der Waals surface area contributed by atoms with Crippen molar-refractivity contribution < 1.29 is 24.1 Å². The molecule has 9 heteroatoms. The van der Waals surface area contributed by atoms with E-state index >= 15 is 0 Å². The van der Waals surface area contributed by atoms with Crippen LogP contribution in [0.2, 0.25) is 0 Å². The van der Waals surface area contributed by atoms with Gasteiger partial charge in [-0.2, -0.15) is 0 Å². The number of aliphatic hydroxyl groups is 1. The van der Waals surface area contributed by atoms with E-state index in [2.05, 4.69) is 4.98 Å². The Bertz CT molecular complexity index is 1330. The average molecular weight is 467 g/mol. The fraction of sp³-hybridized carbons (Fsp3) is 0.250. The molecule has 5 rings (SSSR count). The van der Waals surface area contributed by atoms with Crippen molar-refractivity contribution in [1.29, 1.82) is 0 Å². The number of methoxy groups -OCH3 is 1. The highest BCUT2D eigenvalue weighted by molar-refractivity contribution is 7.22. The number of aromatic nitrogens is 2. The van der Waals surface area contributed by atoms with Gasteiger partial charge in [-0.1, -0.05) is 6.07 Å². The SMILES string of the molecule is COc1ccc(-c2cc3ncn(C[C@H](O)COCc4ccc5c(c4)OCO5)c(=O)c3s2)cc1. The van der Waals surface area contributed by atoms with Gasteiger partial charge in [0, 0.05) is 4.88 Å². The molecule has 0 unspecified atom stereocenters. The molecule has 1 aliphatic rings. The molecule has 1 atom stereocenters. The Morgan fingerprint density at radius 2 is 1.97 bits per heavy atom. The summed E-state index contributed by atoms with van der Waals surface area (Å²) in [5.41, 5.74) is 2.36. The Balaban J connectivity index is 1.23. The average Bonchev–Trinajstić information content (AvgIpc) is 3.48. The van der Waals surface area contributed by atoms with Gasteiger partial charge in [0.15, 0.2) is 11.5 Å². The van der Waals surface area contributed by atoms with Gasteiger partial charge in [-0.25, -0.2) is 4.98 Å². The molecule has 2 aromatic carbocycles. The molecule has 0 fully saturated rings. The van der Waals surface area contributed by atoms with Crippen LogP contribution in [0, 0.1) is 0 Å². The Morgan fingerprint density at radius 1 is 1.15 bits per heavy atom. The molecule has 170 valence electrons. The first-order valence-electron chi connectivity index (χ1n) is 10.4. The zero-order valence-corrected chi connectivity index (χ0v) is 18.7. The lowest BCUT2D eigenvalue weighted by molar-refractivity contribution is 0.0198. The van der Waals surface area contributed by atoms with E-state index in [0.717, 1.165) is 21.8 Å². The van der Waals surface area contributed by atoms with Crippen LogP contribution in [0.4, 0.5) is 0 Å². The molecule has 0 saturated carbocycles. The van der Waals surface area contributed by atoms with Crippen LogP contribution in [0.5, 0.6) is 17.2 Å². The van der Waals surface area contributed by atoms with Crippen molar-refractivity contribution in [1.82, 2.24) is 9.55 Å². The summed E-state index contributed by atoms with van der Waals surface area (Å²) in [5.74, 6) is 2.17. The minimum absolute atomic E-state index is 0.0838. The van der Waals surface area contributed by atoms with Gasteiger partial charge in [-0.3, -0.25) is 9.36 Å². The normalized spacial score (nSPS) is 13.4. The van der Waals surface area contributed by atoms with E-state index in [-0.39, 0.29) is 25.5 Å². The molecule has 8 nitrogen and oxygen atoms in total. The summed E-state index contributed by atoms with van der Waals surface area (Å²) in [4.78, 5) is 18.3. The summed E-state index contributed by atoms with van der Waals surface area (Å²) >= 11 is 1.38. The van der Waals surface area contributed by atoms with Crippen molar-refractivity contribution in [3.05, 3.63) is 70.8 Å². The lowest BCUT2D eigenvalue weighted by Gasteiger charge is -2.13. The predicted molar refractivity (Wildman–Crippen MR) is 124 cm³/mol. The molecular formula is C24H22N2O6S. The van der Waals surface area contributed by atoms with Gasteiger partial charge in [0.2, 0.25) is 6.79 Å². The van der Waals surface area contributed by atoms with E-state index in [1.807, 2.05) is 48.5 Å². The molecule has 3 heterocycles. The quantitative estimate of drug-likeness (QED) is 0.425. The third-order valence-corrected chi connectivity index (χ3v) is 6.46. The van der Waals surface area contributed by atoms with Gasteiger partial charge < -0.3 is 24.1 Å². The smallest absolute Gasteiger partial charge is 0.271 e. The molecule has 0 aliphatic carbocycles. The highest BCUT2D eigenvalue weighted by Gasteiger charge is 2.15. The molecule has 1 aliphatic heterocycles. The number of hydrogen-bond donors (Lipinski definition) is 1. The Labute approximate surface area is 193 Å². The number of ether oxygens (including phenoxy) is 4. The maximum Gasteiger partial charge on any atom is 0.271 e. The van der Waals surface area contributed by atoms with E-state index in [0.29, 0.717) is 28.3 Å². The summed E-state index contributed by atoms with van der Waals surface area (Å²) in [6.45, 7) is 0.715. The second kappa shape index (κ2) is 9.22. The zero-order valence-electron chi connectivity index (χ0n) is 17.9. The van der Waals surface area contributed by atoms with Crippen molar-refractivity contribution in [3.8, 4) is 27.7 Å². The Kier molecular flexibility index (Phi) is 5.99. The highest BCUT2D eigenvalue weighted by atomic mass is 32.1. The summed E-state index contributed by atoms with van der Waals surface area (Å²) in [7, 11) is 1.62. The van der Waals surface area contributed by atoms with Crippen molar-refractivity contribution in [2.45, 2.75) is 19.3 Å². The first-order chi connectivity index (χ1) is 16.1. The third kappa shape index (κ3) is 4.56. The van der Waals surface area contributed by atoms with Gasteiger partial charge in [-0.05, 0) is 53.6 Å². The van der Waals surface area contributed by atoms with Crippen LogP contribution >= 0.6 is 11.3 Å². The molecule has 0 amide bonds. The Hall–Kier alpha value is -3.40. The highest BCUT2D eigenvalue weighted by Crippen LogP contribution is 2.33. The van der Waals surface area contributed by atoms with Gasteiger partial charge in [0.25, 0.3) is 5.56 Å². The van der Waals surface area contributed by atoms with Gasteiger partial charge in [0.05, 0.1) is 44.8 Å².